The van der Waals surface area contributed by atoms with Crippen LogP contribution < -0.4 is 15.2 Å². The lowest BCUT2D eigenvalue weighted by molar-refractivity contribution is 0.0996. The summed E-state index contributed by atoms with van der Waals surface area (Å²) in [5.74, 6) is -0.268. The SMILES string of the molecule is CCOc1ccc(C(N)=O)c(OCC)c1C(C)=O. The van der Waals surface area contributed by atoms with Gasteiger partial charge in [-0.25, -0.2) is 0 Å². The molecule has 1 aromatic rings. The number of benzene rings is 1. The normalized spacial score (nSPS) is 9.94. The molecule has 0 aliphatic heterocycles. The van der Waals surface area contributed by atoms with Gasteiger partial charge in [-0.3, -0.25) is 9.59 Å². The molecule has 1 rings (SSSR count). The van der Waals surface area contributed by atoms with Crippen molar-refractivity contribution in [1.82, 2.24) is 0 Å². The molecule has 0 saturated heterocycles. The molecule has 5 nitrogen and oxygen atoms in total. The van der Waals surface area contributed by atoms with Crippen LogP contribution >= 0.6 is 0 Å². The van der Waals surface area contributed by atoms with Crippen molar-refractivity contribution >= 4 is 11.7 Å². The summed E-state index contributed by atoms with van der Waals surface area (Å²) in [6, 6.07) is 3.06. The van der Waals surface area contributed by atoms with Crippen molar-refractivity contribution < 1.29 is 19.1 Å². The number of carbonyl (C=O) groups is 2. The number of carbonyl (C=O) groups excluding carboxylic acids is 2. The largest absolute Gasteiger partial charge is 0.493 e. The highest BCUT2D eigenvalue weighted by atomic mass is 16.5. The molecule has 5 heteroatoms. The lowest BCUT2D eigenvalue weighted by Crippen LogP contribution is -2.16. The van der Waals surface area contributed by atoms with Crippen LogP contribution in [0.25, 0.3) is 0 Å². The molecule has 0 unspecified atom stereocenters. The van der Waals surface area contributed by atoms with Gasteiger partial charge in [0.2, 0.25) is 0 Å². The zero-order valence-corrected chi connectivity index (χ0v) is 10.8. The van der Waals surface area contributed by atoms with Crippen LogP contribution in [0.5, 0.6) is 11.5 Å². The summed E-state index contributed by atoms with van der Waals surface area (Å²) in [6.45, 7) is 5.72. The topological polar surface area (TPSA) is 78.6 Å². The van der Waals surface area contributed by atoms with E-state index in [2.05, 4.69) is 0 Å². The number of rotatable bonds is 6. The molecule has 0 aromatic heterocycles. The minimum absolute atomic E-state index is 0.186. The predicted octanol–water partition coefficient (Wildman–Crippen LogP) is 1.79. The van der Waals surface area contributed by atoms with Crippen LogP contribution in [0.1, 0.15) is 41.5 Å². The van der Waals surface area contributed by atoms with Gasteiger partial charge in [-0.05, 0) is 32.9 Å². The number of nitrogens with two attached hydrogens (primary N) is 1. The van der Waals surface area contributed by atoms with E-state index < -0.39 is 5.91 Å². The summed E-state index contributed by atoms with van der Waals surface area (Å²) in [5.41, 5.74) is 5.71. The van der Waals surface area contributed by atoms with E-state index in [1.807, 2.05) is 6.92 Å². The molecule has 98 valence electrons. The number of hydrogen-bond donors (Lipinski definition) is 1. The van der Waals surface area contributed by atoms with E-state index in [9.17, 15) is 9.59 Å². The average Bonchev–Trinajstić information content (AvgIpc) is 2.29. The van der Waals surface area contributed by atoms with E-state index in [1.54, 1.807) is 13.0 Å². The predicted molar refractivity (Wildman–Crippen MR) is 67.3 cm³/mol. The van der Waals surface area contributed by atoms with Crippen molar-refractivity contribution in [1.29, 1.82) is 0 Å². The maximum absolute atomic E-state index is 11.7. The molecule has 0 aliphatic carbocycles. The van der Waals surface area contributed by atoms with E-state index >= 15 is 0 Å². The van der Waals surface area contributed by atoms with E-state index in [0.717, 1.165) is 0 Å². The van der Waals surface area contributed by atoms with Gasteiger partial charge in [-0.1, -0.05) is 0 Å². The zero-order chi connectivity index (χ0) is 13.7. The lowest BCUT2D eigenvalue weighted by Gasteiger charge is -2.15. The molecule has 1 amide bonds. The molecule has 0 spiro atoms. The monoisotopic (exact) mass is 251 g/mol. The van der Waals surface area contributed by atoms with Crippen molar-refractivity contribution in [3.05, 3.63) is 23.3 Å². The van der Waals surface area contributed by atoms with Gasteiger partial charge in [0.25, 0.3) is 5.91 Å². The molecule has 18 heavy (non-hydrogen) atoms. The van der Waals surface area contributed by atoms with Gasteiger partial charge >= 0.3 is 0 Å². The van der Waals surface area contributed by atoms with Crippen molar-refractivity contribution in [2.24, 2.45) is 5.73 Å². The quantitative estimate of drug-likeness (QED) is 0.782. The van der Waals surface area contributed by atoms with Gasteiger partial charge in [0.15, 0.2) is 5.78 Å². The maximum atomic E-state index is 11.7. The van der Waals surface area contributed by atoms with Crippen LogP contribution in [0.3, 0.4) is 0 Å². The molecule has 0 aliphatic rings. The Morgan fingerprint density at radius 3 is 2.22 bits per heavy atom. The highest BCUT2D eigenvalue weighted by Crippen LogP contribution is 2.33. The van der Waals surface area contributed by atoms with Gasteiger partial charge in [-0.2, -0.15) is 0 Å². The third-order valence-corrected chi connectivity index (χ3v) is 2.33. The molecule has 0 radical (unpaired) electrons. The Bertz CT molecular complexity index is 468. The van der Waals surface area contributed by atoms with Crippen LogP contribution in [0.2, 0.25) is 0 Å². The van der Waals surface area contributed by atoms with Gasteiger partial charge in [0.05, 0.1) is 18.8 Å². The highest BCUT2D eigenvalue weighted by Gasteiger charge is 2.21. The Labute approximate surface area is 106 Å². The van der Waals surface area contributed by atoms with Gasteiger partial charge < -0.3 is 15.2 Å². The Morgan fingerprint density at radius 1 is 1.17 bits per heavy atom. The second-order valence-electron chi connectivity index (χ2n) is 3.60. The van der Waals surface area contributed by atoms with Gasteiger partial charge in [0.1, 0.15) is 17.1 Å². The minimum atomic E-state index is -0.635. The smallest absolute Gasteiger partial charge is 0.252 e. The summed E-state index contributed by atoms with van der Waals surface area (Å²) in [4.78, 5) is 23.0. The third kappa shape index (κ3) is 2.80. The molecular weight excluding hydrogens is 234 g/mol. The summed E-state index contributed by atoms with van der Waals surface area (Å²) in [5, 5.41) is 0. The zero-order valence-electron chi connectivity index (χ0n) is 10.8. The lowest BCUT2D eigenvalue weighted by atomic mass is 10.0. The van der Waals surface area contributed by atoms with Gasteiger partial charge in [-0.15, -0.1) is 0 Å². The first kappa shape index (κ1) is 14.0. The minimum Gasteiger partial charge on any atom is -0.493 e. The van der Waals surface area contributed by atoms with Crippen LogP contribution in [0.4, 0.5) is 0 Å². The number of ketones is 1. The summed E-state index contributed by atoms with van der Waals surface area (Å²) in [7, 11) is 0. The van der Waals surface area contributed by atoms with Gasteiger partial charge in [0, 0.05) is 0 Å². The van der Waals surface area contributed by atoms with Crippen LogP contribution in [-0.2, 0) is 0 Å². The van der Waals surface area contributed by atoms with E-state index in [1.165, 1.54) is 13.0 Å². The Kier molecular flexibility index (Phi) is 4.71. The van der Waals surface area contributed by atoms with Crippen molar-refractivity contribution in [2.45, 2.75) is 20.8 Å². The van der Waals surface area contributed by atoms with Crippen LogP contribution in [0, 0.1) is 0 Å². The molecule has 0 bridgehead atoms. The number of ether oxygens (including phenoxy) is 2. The van der Waals surface area contributed by atoms with Crippen LogP contribution in [0.15, 0.2) is 12.1 Å². The molecule has 1 aromatic carbocycles. The third-order valence-electron chi connectivity index (χ3n) is 2.33. The van der Waals surface area contributed by atoms with Crippen LogP contribution in [-0.4, -0.2) is 24.9 Å². The Hall–Kier alpha value is -2.04. The van der Waals surface area contributed by atoms with Crippen molar-refractivity contribution in [3.63, 3.8) is 0 Å². The van der Waals surface area contributed by atoms with E-state index in [4.69, 9.17) is 15.2 Å². The standard InChI is InChI=1S/C13H17NO4/c1-4-17-10-7-6-9(13(14)16)12(18-5-2)11(10)8(3)15/h6-7H,4-5H2,1-3H3,(H2,14,16). The molecule has 0 saturated carbocycles. The molecule has 0 atom stereocenters. The number of Topliss-reactive ketones (excluding diaryl/α,β-unsaturated/α-hetero) is 1. The summed E-state index contributed by atoms with van der Waals surface area (Å²) in [6.07, 6.45) is 0. The Balaban J connectivity index is 3.48. The highest BCUT2D eigenvalue weighted by molar-refractivity contribution is 6.05. The Morgan fingerprint density at radius 2 is 1.78 bits per heavy atom. The fourth-order valence-electron chi connectivity index (χ4n) is 1.66. The molecule has 0 heterocycles. The second kappa shape index (κ2) is 6.05. The summed E-state index contributed by atoms with van der Waals surface area (Å²) < 4.78 is 10.7. The number of primary amides is 1. The average molecular weight is 251 g/mol. The fraction of sp³-hybridized carbons (Fsp3) is 0.385. The number of hydrogen-bond acceptors (Lipinski definition) is 4. The van der Waals surface area contributed by atoms with Crippen molar-refractivity contribution in [3.8, 4) is 11.5 Å². The fourth-order valence-corrected chi connectivity index (χ4v) is 1.66. The number of amides is 1. The van der Waals surface area contributed by atoms with Crippen molar-refractivity contribution in [2.75, 3.05) is 13.2 Å². The molecule has 2 N–H and O–H groups in total. The molecular formula is C13H17NO4. The van der Waals surface area contributed by atoms with E-state index in [0.29, 0.717) is 19.0 Å². The first-order valence-electron chi connectivity index (χ1n) is 5.76. The van der Waals surface area contributed by atoms with E-state index in [-0.39, 0.29) is 22.7 Å². The second-order valence-corrected chi connectivity index (χ2v) is 3.60. The maximum Gasteiger partial charge on any atom is 0.252 e. The summed E-state index contributed by atoms with van der Waals surface area (Å²) >= 11 is 0. The first-order valence-corrected chi connectivity index (χ1v) is 5.76. The molecule has 0 fully saturated rings. The first-order chi connectivity index (χ1) is 8.52.